The predicted octanol–water partition coefficient (Wildman–Crippen LogP) is 5.07. The normalized spacial score (nSPS) is 11.2. The van der Waals surface area contributed by atoms with Crippen LogP contribution >= 0.6 is 0 Å². The minimum Gasteiger partial charge on any atom is -0.489 e. The molecule has 40 heavy (non-hydrogen) atoms. The van der Waals surface area contributed by atoms with E-state index in [2.05, 4.69) is 10.5 Å². The van der Waals surface area contributed by atoms with Crippen LogP contribution in [0.4, 0.5) is 11.4 Å². The summed E-state index contributed by atoms with van der Waals surface area (Å²) in [7, 11) is -2.28. The number of anilines is 1. The van der Waals surface area contributed by atoms with Gasteiger partial charge in [0.25, 0.3) is 21.6 Å². The lowest BCUT2D eigenvalue weighted by molar-refractivity contribution is -0.384. The molecule has 0 radical (unpaired) electrons. The largest absolute Gasteiger partial charge is 0.489 e. The van der Waals surface area contributed by atoms with E-state index in [0.717, 1.165) is 21.0 Å². The Bertz CT molecular complexity index is 1620. The molecular formula is C29H26N4O6S. The fourth-order valence-electron chi connectivity index (χ4n) is 3.59. The fraction of sp³-hybridized carbons (Fsp3) is 0.103. The Morgan fingerprint density at radius 3 is 2.17 bits per heavy atom. The van der Waals surface area contributed by atoms with E-state index in [4.69, 9.17) is 4.74 Å². The molecule has 4 aromatic rings. The standard InChI is InChI=1S/C29H26N4O6S/c1-21-3-17-28(18-4-21)40(37,38)32(2)25-13-9-24(10-14-25)29(34)31-30-19-22-7-15-27(16-8-22)39-20-23-5-11-26(12-6-23)33(35)36/h3-19H,20H2,1-2H3,(H,31,34)/b30-19-. The first-order valence-corrected chi connectivity index (χ1v) is 13.5. The Balaban J connectivity index is 1.29. The molecule has 0 spiro atoms. The number of rotatable bonds is 10. The maximum atomic E-state index is 12.9. The molecule has 0 heterocycles. The van der Waals surface area contributed by atoms with Crippen LogP contribution in [0.3, 0.4) is 0 Å². The Morgan fingerprint density at radius 1 is 0.950 bits per heavy atom. The number of nitrogens with zero attached hydrogens (tertiary/aromatic N) is 3. The summed E-state index contributed by atoms with van der Waals surface area (Å²) in [5, 5.41) is 14.7. The van der Waals surface area contributed by atoms with Gasteiger partial charge in [-0.25, -0.2) is 13.8 Å². The number of carbonyl (C=O) groups is 1. The maximum Gasteiger partial charge on any atom is 0.271 e. The number of amides is 1. The number of hydrogen-bond donors (Lipinski definition) is 1. The second kappa shape index (κ2) is 12.2. The molecule has 0 atom stereocenters. The van der Waals surface area contributed by atoms with Gasteiger partial charge in [0.1, 0.15) is 12.4 Å². The van der Waals surface area contributed by atoms with Crippen LogP contribution in [0.5, 0.6) is 5.75 Å². The quantitative estimate of drug-likeness (QED) is 0.164. The minimum absolute atomic E-state index is 0.0217. The molecular weight excluding hydrogens is 532 g/mol. The van der Waals surface area contributed by atoms with E-state index in [-0.39, 0.29) is 17.2 Å². The van der Waals surface area contributed by atoms with Crippen LogP contribution in [0, 0.1) is 17.0 Å². The van der Waals surface area contributed by atoms with E-state index in [0.29, 0.717) is 17.0 Å². The van der Waals surface area contributed by atoms with E-state index >= 15 is 0 Å². The van der Waals surface area contributed by atoms with Crippen molar-refractivity contribution in [1.82, 2.24) is 5.43 Å². The third-order valence-corrected chi connectivity index (χ3v) is 7.78. The number of benzene rings is 4. The van der Waals surface area contributed by atoms with E-state index in [1.165, 1.54) is 37.5 Å². The highest BCUT2D eigenvalue weighted by Crippen LogP contribution is 2.23. The van der Waals surface area contributed by atoms with Crippen molar-refractivity contribution in [2.24, 2.45) is 5.10 Å². The third-order valence-electron chi connectivity index (χ3n) is 5.98. The lowest BCUT2D eigenvalue weighted by Crippen LogP contribution is -2.26. The van der Waals surface area contributed by atoms with Gasteiger partial charge in [-0.3, -0.25) is 19.2 Å². The molecule has 0 unspecified atom stereocenters. The molecule has 0 aliphatic heterocycles. The Hall–Kier alpha value is -5.03. The number of non-ortho nitro benzene ring substituents is 1. The first-order chi connectivity index (χ1) is 19.1. The van der Waals surface area contributed by atoms with Gasteiger partial charge in [0.05, 0.1) is 21.7 Å². The summed E-state index contributed by atoms with van der Waals surface area (Å²) >= 11 is 0. The van der Waals surface area contributed by atoms with Crippen LogP contribution in [0.25, 0.3) is 0 Å². The zero-order chi connectivity index (χ0) is 28.7. The number of carbonyl (C=O) groups excluding carboxylic acids is 1. The van der Waals surface area contributed by atoms with Crippen LogP contribution in [-0.2, 0) is 16.6 Å². The van der Waals surface area contributed by atoms with Crippen LogP contribution in [0.2, 0.25) is 0 Å². The zero-order valence-corrected chi connectivity index (χ0v) is 22.5. The molecule has 0 aliphatic rings. The Labute approximate surface area is 231 Å². The number of nitro benzene ring substituents is 1. The number of nitrogens with one attached hydrogen (secondary N) is 1. The van der Waals surface area contributed by atoms with Gasteiger partial charge in [0.2, 0.25) is 0 Å². The van der Waals surface area contributed by atoms with Gasteiger partial charge < -0.3 is 4.74 Å². The van der Waals surface area contributed by atoms with Crippen LogP contribution in [0.1, 0.15) is 27.0 Å². The topological polar surface area (TPSA) is 131 Å². The van der Waals surface area contributed by atoms with Crippen LogP contribution < -0.4 is 14.5 Å². The summed E-state index contributed by atoms with van der Waals surface area (Å²) in [6.07, 6.45) is 1.48. The summed E-state index contributed by atoms with van der Waals surface area (Å²) in [4.78, 5) is 23.0. The summed E-state index contributed by atoms with van der Waals surface area (Å²) in [5.41, 5.74) is 5.68. The number of aryl methyl sites for hydroxylation is 1. The second-order valence-corrected chi connectivity index (χ2v) is 10.8. The molecule has 0 aliphatic carbocycles. The fourth-order valence-corrected chi connectivity index (χ4v) is 4.79. The van der Waals surface area contributed by atoms with Crippen molar-refractivity contribution in [3.05, 3.63) is 129 Å². The van der Waals surface area contributed by atoms with E-state index < -0.39 is 20.9 Å². The second-order valence-electron chi connectivity index (χ2n) is 8.81. The maximum absolute atomic E-state index is 12.9. The molecule has 1 amide bonds. The summed E-state index contributed by atoms with van der Waals surface area (Å²) in [5.74, 6) is 0.156. The van der Waals surface area contributed by atoms with Crippen LogP contribution in [-0.4, -0.2) is 32.5 Å². The SMILES string of the molecule is Cc1ccc(S(=O)(=O)N(C)c2ccc(C(=O)N/N=C\c3ccc(OCc4ccc([N+](=O)[O-])cc4)cc3)cc2)cc1. The van der Waals surface area contributed by atoms with Crippen molar-refractivity contribution in [3.63, 3.8) is 0 Å². The van der Waals surface area contributed by atoms with E-state index in [9.17, 15) is 23.3 Å². The van der Waals surface area contributed by atoms with Gasteiger partial charge >= 0.3 is 0 Å². The van der Waals surface area contributed by atoms with Gasteiger partial charge in [-0.1, -0.05) is 17.7 Å². The molecule has 204 valence electrons. The van der Waals surface area contributed by atoms with Crippen molar-refractivity contribution in [1.29, 1.82) is 0 Å². The molecule has 0 bridgehead atoms. The first kappa shape index (κ1) is 28.0. The molecule has 4 rings (SSSR count). The number of hydrogen-bond acceptors (Lipinski definition) is 7. The molecule has 0 fully saturated rings. The van der Waals surface area contributed by atoms with E-state index in [1.54, 1.807) is 72.8 Å². The third kappa shape index (κ3) is 6.88. The number of hydrazone groups is 1. The average molecular weight is 559 g/mol. The van der Waals surface area contributed by atoms with Gasteiger partial charge in [-0.05, 0) is 90.8 Å². The minimum atomic E-state index is -3.73. The highest BCUT2D eigenvalue weighted by atomic mass is 32.2. The molecule has 0 saturated carbocycles. The van der Waals surface area contributed by atoms with Crippen molar-refractivity contribution in [2.45, 2.75) is 18.4 Å². The Kier molecular flexibility index (Phi) is 8.55. The summed E-state index contributed by atoms with van der Waals surface area (Å²) in [6.45, 7) is 2.14. The number of nitro groups is 1. The summed E-state index contributed by atoms with van der Waals surface area (Å²) < 4.78 is 32.6. The smallest absolute Gasteiger partial charge is 0.271 e. The molecule has 1 N–H and O–H groups in total. The van der Waals surface area contributed by atoms with Gasteiger partial charge in [-0.2, -0.15) is 5.10 Å². The van der Waals surface area contributed by atoms with Crippen LogP contribution in [0.15, 0.2) is 107 Å². The molecule has 0 aromatic heterocycles. The lowest BCUT2D eigenvalue weighted by Gasteiger charge is -2.19. The van der Waals surface area contributed by atoms with E-state index in [1.807, 2.05) is 6.92 Å². The van der Waals surface area contributed by atoms with Gasteiger partial charge in [0, 0.05) is 24.7 Å². The van der Waals surface area contributed by atoms with Crippen molar-refractivity contribution in [3.8, 4) is 5.75 Å². The average Bonchev–Trinajstić information content (AvgIpc) is 2.97. The predicted molar refractivity (Wildman–Crippen MR) is 152 cm³/mol. The molecule has 11 heteroatoms. The van der Waals surface area contributed by atoms with Crippen molar-refractivity contribution < 1.29 is 22.9 Å². The number of sulfonamides is 1. The Morgan fingerprint density at radius 2 is 1.57 bits per heavy atom. The zero-order valence-electron chi connectivity index (χ0n) is 21.7. The highest BCUT2D eigenvalue weighted by molar-refractivity contribution is 7.92. The van der Waals surface area contributed by atoms with Gasteiger partial charge in [0.15, 0.2) is 0 Å². The first-order valence-electron chi connectivity index (χ1n) is 12.1. The highest BCUT2D eigenvalue weighted by Gasteiger charge is 2.21. The molecule has 4 aromatic carbocycles. The monoisotopic (exact) mass is 558 g/mol. The molecule has 10 nitrogen and oxygen atoms in total. The lowest BCUT2D eigenvalue weighted by atomic mass is 10.2. The number of ether oxygens (including phenoxy) is 1. The van der Waals surface area contributed by atoms with Gasteiger partial charge in [-0.15, -0.1) is 0 Å². The van der Waals surface area contributed by atoms with Crippen molar-refractivity contribution in [2.75, 3.05) is 11.4 Å². The van der Waals surface area contributed by atoms with Crippen molar-refractivity contribution >= 4 is 33.5 Å². The molecule has 0 saturated heterocycles. The summed E-state index contributed by atoms with van der Waals surface area (Å²) in [6, 6.07) is 25.9.